The van der Waals surface area contributed by atoms with Crippen molar-refractivity contribution in [3.63, 3.8) is 0 Å². The Bertz CT molecular complexity index is 601. The summed E-state index contributed by atoms with van der Waals surface area (Å²) < 4.78 is 0. The first-order valence-corrected chi connectivity index (χ1v) is 6.87. The van der Waals surface area contributed by atoms with Gasteiger partial charge in [-0.3, -0.25) is 4.79 Å². The van der Waals surface area contributed by atoms with E-state index in [-0.39, 0.29) is 5.91 Å². The number of fused-ring (bicyclic) bond motifs is 3. The number of aromatic nitrogens is 2. The molecule has 0 unspecified atom stereocenters. The van der Waals surface area contributed by atoms with Crippen molar-refractivity contribution < 1.29 is 4.79 Å². The van der Waals surface area contributed by atoms with E-state index in [1.165, 1.54) is 22.1 Å². The summed E-state index contributed by atoms with van der Waals surface area (Å²) in [5.74, 6) is 0.140. The van der Waals surface area contributed by atoms with Gasteiger partial charge in [0, 0.05) is 37.8 Å². The van der Waals surface area contributed by atoms with Crippen LogP contribution in [0.15, 0.2) is 12.4 Å². The molecule has 0 bridgehead atoms. The fourth-order valence-electron chi connectivity index (χ4n) is 2.59. The number of hydrogen-bond donors (Lipinski definition) is 1. The molecule has 1 aliphatic rings. The Balaban J connectivity index is 0.000000637. The third kappa shape index (κ3) is 2.35. The molecule has 19 heavy (non-hydrogen) atoms. The van der Waals surface area contributed by atoms with Gasteiger partial charge in [0.05, 0.1) is 0 Å². The molecule has 0 fully saturated rings. The van der Waals surface area contributed by atoms with Crippen molar-refractivity contribution in [1.82, 2.24) is 14.9 Å². The van der Waals surface area contributed by atoms with Crippen LogP contribution in [0.25, 0.3) is 11.0 Å². The average molecular weight is 259 g/mol. The Hall–Kier alpha value is -1.84. The van der Waals surface area contributed by atoms with Gasteiger partial charge in [0.1, 0.15) is 5.65 Å². The number of rotatable bonds is 0. The lowest BCUT2D eigenvalue weighted by molar-refractivity contribution is -0.129. The second kappa shape index (κ2) is 5.43. The molecular formula is C15H21N3O. The molecule has 0 spiro atoms. The van der Waals surface area contributed by atoms with Crippen LogP contribution in [0.4, 0.5) is 0 Å². The van der Waals surface area contributed by atoms with Crippen molar-refractivity contribution in [2.45, 2.75) is 40.7 Å². The number of carbonyl (C=O) groups excluding carboxylic acids is 1. The molecule has 0 aromatic carbocycles. The lowest BCUT2D eigenvalue weighted by Gasteiger charge is -2.28. The average Bonchev–Trinajstić information content (AvgIpc) is 2.82. The van der Waals surface area contributed by atoms with Gasteiger partial charge in [-0.15, -0.1) is 0 Å². The number of hydrogen-bond acceptors (Lipinski definition) is 2. The largest absolute Gasteiger partial charge is 0.346 e. The molecule has 1 amide bonds. The van der Waals surface area contributed by atoms with Crippen LogP contribution in [0.5, 0.6) is 0 Å². The molecule has 0 radical (unpaired) electrons. The topological polar surface area (TPSA) is 49.0 Å². The Kier molecular flexibility index (Phi) is 3.88. The number of H-pyrrole nitrogens is 1. The highest BCUT2D eigenvalue weighted by Crippen LogP contribution is 2.27. The van der Waals surface area contributed by atoms with Crippen LogP contribution in [0.3, 0.4) is 0 Å². The van der Waals surface area contributed by atoms with E-state index < -0.39 is 0 Å². The summed E-state index contributed by atoms with van der Waals surface area (Å²) in [4.78, 5) is 20.9. The summed E-state index contributed by atoms with van der Waals surface area (Å²) in [6.07, 6.45) is 4.81. The SMILES string of the molecule is CC.CC(=O)N1CCc2c(cnc3[nH]cc(C)c23)C1. The number of aryl methyl sites for hydroxylation is 1. The minimum atomic E-state index is 0.140. The highest BCUT2D eigenvalue weighted by molar-refractivity contribution is 5.85. The summed E-state index contributed by atoms with van der Waals surface area (Å²) in [7, 11) is 0. The van der Waals surface area contributed by atoms with Gasteiger partial charge in [-0.05, 0) is 30.0 Å². The maximum Gasteiger partial charge on any atom is 0.219 e. The van der Waals surface area contributed by atoms with E-state index in [1.807, 2.05) is 31.1 Å². The van der Waals surface area contributed by atoms with Crippen molar-refractivity contribution in [3.8, 4) is 0 Å². The molecule has 0 aliphatic carbocycles. The first-order chi connectivity index (χ1) is 9.16. The molecule has 102 valence electrons. The number of pyridine rings is 1. The number of nitrogens with zero attached hydrogens (tertiary/aromatic N) is 2. The molecule has 0 saturated carbocycles. The van der Waals surface area contributed by atoms with E-state index >= 15 is 0 Å². The lowest BCUT2D eigenvalue weighted by Crippen LogP contribution is -2.34. The second-order valence-electron chi connectivity index (χ2n) is 4.65. The van der Waals surface area contributed by atoms with Crippen LogP contribution in [0.2, 0.25) is 0 Å². The van der Waals surface area contributed by atoms with E-state index in [9.17, 15) is 4.79 Å². The van der Waals surface area contributed by atoms with Gasteiger partial charge in [0.25, 0.3) is 0 Å². The van der Waals surface area contributed by atoms with E-state index in [0.717, 1.165) is 18.6 Å². The van der Waals surface area contributed by atoms with Crippen molar-refractivity contribution >= 4 is 16.9 Å². The second-order valence-corrected chi connectivity index (χ2v) is 4.65. The fraction of sp³-hybridized carbons (Fsp3) is 0.467. The number of carbonyl (C=O) groups is 1. The maximum absolute atomic E-state index is 11.4. The predicted molar refractivity (Wildman–Crippen MR) is 77.0 cm³/mol. The lowest BCUT2D eigenvalue weighted by atomic mass is 9.97. The van der Waals surface area contributed by atoms with Crippen LogP contribution < -0.4 is 0 Å². The first kappa shape index (κ1) is 13.6. The molecule has 3 heterocycles. The molecule has 2 aromatic heterocycles. The van der Waals surface area contributed by atoms with Crippen LogP contribution in [-0.2, 0) is 17.8 Å². The summed E-state index contributed by atoms with van der Waals surface area (Å²) >= 11 is 0. The third-order valence-electron chi connectivity index (χ3n) is 3.53. The smallest absolute Gasteiger partial charge is 0.219 e. The zero-order valence-electron chi connectivity index (χ0n) is 12.1. The van der Waals surface area contributed by atoms with Gasteiger partial charge >= 0.3 is 0 Å². The Morgan fingerprint density at radius 1 is 1.42 bits per heavy atom. The molecule has 3 rings (SSSR count). The van der Waals surface area contributed by atoms with Gasteiger partial charge in [-0.2, -0.15) is 0 Å². The van der Waals surface area contributed by atoms with Gasteiger partial charge < -0.3 is 9.88 Å². The number of amides is 1. The Morgan fingerprint density at radius 3 is 2.84 bits per heavy atom. The molecule has 0 saturated heterocycles. The zero-order chi connectivity index (χ0) is 14.0. The zero-order valence-corrected chi connectivity index (χ0v) is 12.1. The normalized spacial score (nSPS) is 13.8. The van der Waals surface area contributed by atoms with Crippen molar-refractivity contribution in [1.29, 1.82) is 0 Å². The highest BCUT2D eigenvalue weighted by atomic mass is 16.2. The molecule has 4 heteroatoms. The van der Waals surface area contributed by atoms with E-state index in [4.69, 9.17) is 0 Å². The van der Waals surface area contributed by atoms with Crippen LogP contribution in [0, 0.1) is 6.92 Å². The van der Waals surface area contributed by atoms with Gasteiger partial charge in [-0.25, -0.2) is 4.98 Å². The van der Waals surface area contributed by atoms with Crippen molar-refractivity contribution in [2.24, 2.45) is 0 Å². The molecule has 1 aliphatic heterocycles. The van der Waals surface area contributed by atoms with E-state index in [1.54, 1.807) is 6.92 Å². The van der Waals surface area contributed by atoms with E-state index in [2.05, 4.69) is 16.9 Å². The van der Waals surface area contributed by atoms with E-state index in [0.29, 0.717) is 6.54 Å². The molecule has 2 aromatic rings. The first-order valence-electron chi connectivity index (χ1n) is 6.87. The van der Waals surface area contributed by atoms with Crippen molar-refractivity contribution in [3.05, 3.63) is 29.1 Å². The monoisotopic (exact) mass is 259 g/mol. The molecular weight excluding hydrogens is 238 g/mol. The maximum atomic E-state index is 11.4. The fourth-order valence-corrected chi connectivity index (χ4v) is 2.59. The third-order valence-corrected chi connectivity index (χ3v) is 3.53. The molecule has 4 nitrogen and oxygen atoms in total. The van der Waals surface area contributed by atoms with Gasteiger partial charge in [0.2, 0.25) is 5.91 Å². The van der Waals surface area contributed by atoms with Crippen molar-refractivity contribution in [2.75, 3.05) is 6.54 Å². The van der Waals surface area contributed by atoms with Crippen LogP contribution in [0.1, 0.15) is 37.5 Å². The molecule has 0 atom stereocenters. The number of aromatic amines is 1. The van der Waals surface area contributed by atoms with Gasteiger partial charge in [-0.1, -0.05) is 13.8 Å². The predicted octanol–water partition coefficient (Wildman–Crippen LogP) is 2.80. The summed E-state index contributed by atoms with van der Waals surface area (Å²) in [6.45, 7) is 9.22. The molecule has 1 N–H and O–H groups in total. The highest BCUT2D eigenvalue weighted by Gasteiger charge is 2.21. The standard InChI is InChI=1S/C13H15N3O.C2H6/c1-8-5-14-13-12(8)11-3-4-16(9(2)17)7-10(11)6-15-13;1-2/h5-6H,3-4,7H2,1-2H3,(H,14,15);1-2H3. The minimum Gasteiger partial charge on any atom is -0.346 e. The quantitative estimate of drug-likeness (QED) is 0.791. The summed E-state index contributed by atoms with van der Waals surface area (Å²) in [5.41, 5.74) is 4.73. The van der Waals surface area contributed by atoms with Gasteiger partial charge in [0.15, 0.2) is 0 Å². The summed E-state index contributed by atoms with van der Waals surface area (Å²) in [5, 5.41) is 1.24. The van der Waals surface area contributed by atoms with Crippen LogP contribution in [-0.4, -0.2) is 27.3 Å². The minimum absolute atomic E-state index is 0.140. The Labute approximate surface area is 113 Å². The van der Waals surface area contributed by atoms with Crippen LogP contribution >= 0.6 is 0 Å². The number of nitrogens with one attached hydrogen (secondary N) is 1. The Morgan fingerprint density at radius 2 is 2.16 bits per heavy atom. The summed E-state index contributed by atoms with van der Waals surface area (Å²) in [6, 6.07) is 0.